The second-order valence-electron chi connectivity index (χ2n) is 7.30. The molecule has 0 aliphatic carbocycles. The van der Waals surface area contributed by atoms with Gasteiger partial charge in [-0.15, -0.1) is 0 Å². The lowest BCUT2D eigenvalue weighted by molar-refractivity contribution is -0.142. The molecule has 1 aromatic heterocycles. The van der Waals surface area contributed by atoms with Gasteiger partial charge in [-0.1, -0.05) is 45.0 Å². The highest BCUT2D eigenvalue weighted by atomic mass is 19.4. The van der Waals surface area contributed by atoms with Crippen LogP contribution in [-0.4, -0.2) is 16.3 Å². The van der Waals surface area contributed by atoms with Crippen LogP contribution in [0.4, 0.5) is 13.2 Å². The Morgan fingerprint density at radius 1 is 1.12 bits per heavy atom. The van der Waals surface area contributed by atoms with Crippen LogP contribution in [0, 0.1) is 0 Å². The van der Waals surface area contributed by atoms with Crippen LogP contribution in [0.5, 0.6) is 0 Å². The maximum absolute atomic E-state index is 13.2. The van der Waals surface area contributed by atoms with Crippen molar-refractivity contribution in [2.24, 2.45) is 0 Å². The summed E-state index contributed by atoms with van der Waals surface area (Å²) in [6.07, 6.45) is -3.84. The predicted octanol–water partition coefficient (Wildman–Crippen LogP) is 3.89. The highest BCUT2D eigenvalue weighted by Gasteiger charge is 2.39. The van der Waals surface area contributed by atoms with Crippen molar-refractivity contribution < 1.29 is 13.2 Å². The molecule has 0 radical (unpaired) electrons. The van der Waals surface area contributed by atoms with Gasteiger partial charge in [-0.2, -0.15) is 18.3 Å². The number of alkyl halides is 3. The van der Waals surface area contributed by atoms with Crippen LogP contribution in [-0.2, 0) is 31.1 Å². The van der Waals surface area contributed by atoms with E-state index >= 15 is 0 Å². The number of halogens is 3. The van der Waals surface area contributed by atoms with Crippen LogP contribution >= 0.6 is 0 Å². The lowest BCUT2D eigenvalue weighted by atomic mass is 9.87. The van der Waals surface area contributed by atoms with E-state index in [4.69, 9.17) is 0 Å². The molecule has 0 amide bonds. The lowest BCUT2D eigenvalue weighted by Gasteiger charge is -2.19. The molecule has 2 aromatic rings. The van der Waals surface area contributed by atoms with Crippen molar-refractivity contribution in [3.05, 3.63) is 52.3 Å². The van der Waals surface area contributed by atoms with Crippen molar-refractivity contribution in [3.8, 4) is 0 Å². The molecule has 0 saturated carbocycles. The summed E-state index contributed by atoms with van der Waals surface area (Å²) < 4.78 is 41.1. The zero-order valence-corrected chi connectivity index (χ0v) is 14.2. The summed E-state index contributed by atoms with van der Waals surface area (Å²) in [6, 6.07) is 8.03. The highest BCUT2D eigenvalue weighted by molar-refractivity contribution is 5.32. The predicted molar refractivity (Wildman–Crippen MR) is 86.9 cm³/mol. The molecular formula is C18H22F3N3. The Balaban J connectivity index is 1.92. The summed E-state index contributed by atoms with van der Waals surface area (Å²) in [5.41, 5.74) is 2.45. The number of benzene rings is 1. The van der Waals surface area contributed by atoms with Crippen molar-refractivity contribution in [1.82, 2.24) is 15.1 Å². The normalized spacial score (nSPS) is 15.4. The summed E-state index contributed by atoms with van der Waals surface area (Å²) in [5.74, 6) is 0. The molecule has 1 N–H and O–H groups in total. The van der Waals surface area contributed by atoms with Crippen LogP contribution in [0.1, 0.15) is 48.8 Å². The minimum Gasteiger partial charge on any atom is -0.312 e. The first kappa shape index (κ1) is 17.0. The maximum Gasteiger partial charge on any atom is 0.435 e. The third kappa shape index (κ3) is 3.34. The molecule has 0 spiro atoms. The third-order valence-corrected chi connectivity index (χ3v) is 4.43. The number of aromatic nitrogens is 2. The Labute approximate surface area is 139 Å². The van der Waals surface area contributed by atoms with Gasteiger partial charge >= 0.3 is 6.18 Å². The zero-order valence-electron chi connectivity index (χ0n) is 14.2. The van der Waals surface area contributed by atoms with Crippen LogP contribution in [0.2, 0.25) is 0 Å². The maximum atomic E-state index is 13.2. The molecule has 0 saturated heterocycles. The number of rotatable bonds is 2. The molecule has 0 atom stereocenters. The second-order valence-corrected chi connectivity index (χ2v) is 7.30. The highest BCUT2D eigenvalue weighted by Crippen LogP contribution is 2.34. The summed E-state index contributed by atoms with van der Waals surface area (Å²) in [5, 5.41) is 6.88. The summed E-state index contributed by atoms with van der Waals surface area (Å²) >= 11 is 0. The number of nitrogens with zero attached hydrogens (tertiary/aromatic N) is 2. The average molecular weight is 337 g/mol. The van der Waals surface area contributed by atoms with Gasteiger partial charge in [0.2, 0.25) is 0 Å². The van der Waals surface area contributed by atoms with Crippen molar-refractivity contribution >= 4 is 0 Å². The van der Waals surface area contributed by atoms with Crippen LogP contribution in [0.25, 0.3) is 0 Å². The Bertz CT molecular complexity index is 722. The molecule has 2 heterocycles. The van der Waals surface area contributed by atoms with E-state index in [-0.39, 0.29) is 12.0 Å². The van der Waals surface area contributed by atoms with E-state index in [1.54, 1.807) is 0 Å². The van der Waals surface area contributed by atoms with E-state index < -0.39 is 11.9 Å². The van der Waals surface area contributed by atoms with E-state index in [9.17, 15) is 13.2 Å². The number of fused-ring (bicyclic) bond motifs is 1. The van der Waals surface area contributed by atoms with Crippen molar-refractivity contribution in [3.63, 3.8) is 0 Å². The van der Waals surface area contributed by atoms with Gasteiger partial charge in [-0.3, -0.25) is 4.68 Å². The van der Waals surface area contributed by atoms with Crippen LogP contribution in [0.15, 0.2) is 24.3 Å². The fraction of sp³-hybridized carbons (Fsp3) is 0.500. The molecular weight excluding hydrogens is 315 g/mol. The summed E-state index contributed by atoms with van der Waals surface area (Å²) in [7, 11) is 0. The topological polar surface area (TPSA) is 29.9 Å². The number of nitrogens with one attached hydrogen (secondary N) is 1. The SMILES string of the molecule is CC(C)(C)c1ccc(Cn2nc(C(F)(F)F)c3c2CCNC3)cc1. The Morgan fingerprint density at radius 2 is 1.79 bits per heavy atom. The van der Waals surface area contributed by atoms with Gasteiger partial charge in [-0.05, 0) is 16.5 Å². The van der Waals surface area contributed by atoms with E-state index in [0.717, 1.165) is 5.56 Å². The van der Waals surface area contributed by atoms with E-state index in [1.807, 2.05) is 24.3 Å². The first-order valence-corrected chi connectivity index (χ1v) is 8.12. The molecule has 0 bridgehead atoms. The lowest BCUT2D eigenvalue weighted by Crippen LogP contribution is -2.26. The summed E-state index contributed by atoms with van der Waals surface area (Å²) in [4.78, 5) is 0. The number of hydrogen-bond donors (Lipinski definition) is 1. The second kappa shape index (κ2) is 5.92. The fourth-order valence-electron chi connectivity index (χ4n) is 3.06. The van der Waals surface area contributed by atoms with Gasteiger partial charge in [0.15, 0.2) is 5.69 Å². The van der Waals surface area contributed by atoms with Crippen LogP contribution in [0.3, 0.4) is 0 Å². The van der Waals surface area contributed by atoms with Gasteiger partial charge in [-0.25, -0.2) is 0 Å². The molecule has 1 aromatic carbocycles. The average Bonchev–Trinajstić information content (AvgIpc) is 2.86. The summed E-state index contributed by atoms with van der Waals surface area (Å²) in [6.45, 7) is 7.67. The van der Waals surface area contributed by atoms with Crippen molar-refractivity contribution in [2.75, 3.05) is 6.54 Å². The van der Waals surface area contributed by atoms with Gasteiger partial charge in [0, 0.05) is 30.8 Å². The van der Waals surface area contributed by atoms with Crippen molar-refractivity contribution in [1.29, 1.82) is 0 Å². The van der Waals surface area contributed by atoms with Crippen molar-refractivity contribution in [2.45, 2.75) is 51.9 Å². The smallest absolute Gasteiger partial charge is 0.312 e. The Kier molecular flexibility index (Phi) is 4.20. The van der Waals surface area contributed by atoms with Gasteiger partial charge in [0.1, 0.15) is 0 Å². The van der Waals surface area contributed by atoms with Gasteiger partial charge in [0.05, 0.1) is 6.54 Å². The standard InChI is InChI=1S/C18H22F3N3/c1-17(2,3)13-6-4-12(5-7-13)11-24-15-8-9-22-10-14(15)16(23-24)18(19,20)21/h4-7,22H,8-11H2,1-3H3. The zero-order chi connectivity index (χ0) is 17.5. The van der Waals surface area contributed by atoms with Gasteiger partial charge < -0.3 is 5.32 Å². The van der Waals surface area contributed by atoms with Crippen LogP contribution < -0.4 is 5.32 Å². The monoisotopic (exact) mass is 337 g/mol. The minimum atomic E-state index is -4.41. The number of hydrogen-bond acceptors (Lipinski definition) is 2. The Morgan fingerprint density at radius 3 is 2.38 bits per heavy atom. The molecule has 0 unspecified atom stereocenters. The molecule has 130 valence electrons. The quantitative estimate of drug-likeness (QED) is 0.901. The first-order valence-electron chi connectivity index (χ1n) is 8.12. The molecule has 1 aliphatic rings. The van der Waals surface area contributed by atoms with Gasteiger partial charge in [0.25, 0.3) is 0 Å². The molecule has 24 heavy (non-hydrogen) atoms. The molecule has 3 rings (SSSR count). The fourth-order valence-corrected chi connectivity index (χ4v) is 3.06. The molecule has 0 fully saturated rings. The largest absolute Gasteiger partial charge is 0.435 e. The molecule has 3 nitrogen and oxygen atoms in total. The first-order chi connectivity index (χ1) is 11.2. The van der Waals surface area contributed by atoms with E-state index in [2.05, 4.69) is 31.2 Å². The minimum absolute atomic E-state index is 0.0541. The van der Waals surface area contributed by atoms with E-state index in [0.29, 0.717) is 30.8 Å². The third-order valence-electron chi connectivity index (χ3n) is 4.43. The Hall–Kier alpha value is -1.82. The van der Waals surface area contributed by atoms with E-state index in [1.165, 1.54) is 10.2 Å². The molecule has 1 aliphatic heterocycles. The molecule has 6 heteroatoms.